The van der Waals surface area contributed by atoms with E-state index in [-0.39, 0.29) is 11.7 Å². The van der Waals surface area contributed by atoms with Gasteiger partial charge >= 0.3 is 0 Å². The first-order chi connectivity index (χ1) is 5.57. The lowest BCUT2D eigenvalue weighted by molar-refractivity contribution is -0.127. The Morgan fingerprint density at radius 3 is 2.83 bits per heavy atom. The highest BCUT2D eigenvalue weighted by molar-refractivity contribution is 6.03. The molecule has 0 amide bonds. The first kappa shape index (κ1) is 7.99. The van der Waals surface area contributed by atoms with E-state index >= 15 is 0 Å². The fourth-order valence-electron chi connectivity index (χ4n) is 2.59. The van der Waals surface area contributed by atoms with Crippen LogP contribution >= 0.6 is 0 Å². The second-order valence-corrected chi connectivity index (χ2v) is 4.22. The molecule has 2 saturated carbocycles. The zero-order valence-electron chi connectivity index (χ0n) is 7.34. The Balaban J connectivity index is 2.46. The third-order valence-electron chi connectivity index (χ3n) is 3.50. The number of hydrogen-bond donors (Lipinski definition) is 1. The van der Waals surface area contributed by atoms with Crippen LogP contribution in [0.15, 0.2) is 12.2 Å². The number of carbonyl (C=O) groups excluding carboxylic acids is 1. The Hall–Kier alpha value is -0.630. The van der Waals surface area contributed by atoms with Gasteiger partial charge in [-0.25, -0.2) is 0 Å². The molecular formula is C10H14O2. The smallest absolute Gasteiger partial charge is 0.167 e. The van der Waals surface area contributed by atoms with Gasteiger partial charge in [-0.1, -0.05) is 13.0 Å². The lowest BCUT2D eigenvalue weighted by atomic mass is 9.74. The van der Waals surface area contributed by atoms with E-state index < -0.39 is 11.5 Å². The fourth-order valence-corrected chi connectivity index (χ4v) is 2.59. The van der Waals surface area contributed by atoms with E-state index in [4.69, 9.17) is 0 Å². The highest BCUT2D eigenvalue weighted by Gasteiger charge is 2.55. The maximum absolute atomic E-state index is 11.7. The molecule has 0 unspecified atom stereocenters. The van der Waals surface area contributed by atoms with Crippen LogP contribution < -0.4 is 0 Å². The van der Waals surface area contributed by atoms with E-state index in [1.165, 1.54) is 0 Å². The molecule has 0 aliphatic heterocycles. The Kier molecular flexibility index (Phi) is 1.46. The van der Waals surface area contributed by atoms with Crippen molar-refractivity contribution in [2.75, 3.05) is 0 Å². The van der Waals surface area contributed by atoms with Crippen molar-refractivity contribution in [1.29, 1.82) is 0 Å². The van der Waals surface area contributed by atoms with Gasteiger partial charge in [-0.2, -0.15) is 0 Å². The van der Waals surface area contributed by atoms with Crippen molar-refractivity contribution in [2.45, 2.75) is 32.3 Å². The molecule has 3 atom stereocenters. The van der Waals surface area contributed by atoms with Crippen LogP contribution in [0.1, 0.15) is 26.2 Å². The molecule has 2 aliphatic rings. The van der Waals surface area contributed by atoms with Gasteiger partial charge in [0.05, 0.1) is 11.5 Å². The highest BCUT2D eigenvalue weighted by atomic mass is 16.3. The van der Waals surface area contributed by atoms with Gasteiger partial charge in [0.1, 0.15) is 0 Å². The number of ketones is 1. The Bertz CT molecular complexity index is 257. The largest absolute Gasteiger partial charge is 0.391 e. The fraction of sp³-hybridized carbons (Fsp3) is 0.700. The van der Waals surface area contributed by atoms with Crippen molar-refractivity contribution in [3.05, 3.63) is 12.2 Å². The second-order valence-electron chi connectivity index (χ2n) is 4.22. The van der Waals surface area contributed by atoms with E-state index in [9.17, 15) is 9.90 Å². The average Bonchev–Trinajstić information content (AvgIpc) is 2.20. The number of aliphatic hydroxyl groups is 1. The minimum atomic E-state index is -0.500. The summed E-state index contributed by atoms with van der Waals surface area (Å²) in [6.45, 7) is 5.63. The molecular weight excluding hydrogens is 152 g/mol. The SMILES string of the molecule is C=C1C(=O)[C@]2(C)CCC[C@H]1[C@H]2O. The standard InChI is InChI=1S/C10H14O2/c1-6-7-4-3-5-10(2,8(6)11)9(7)12/h7,9,12H,1,3-5H2,2H3/t7-,9-,10+/m1/s1. The molecule has 2 fully saturated rings. The lowest BCUT2D eigenvalue weighted by Gasteiger charge is -2.32. The van der Waals surface area contributed by atoms with Crippen LogP contribution in [0, 0.1) is 11.3 Å². The van der Waals surface area contributed by atoms with Gasteiger partial charge in [0.15, 0.2) is 5.78 Å². The number of carbonyl (C=O) groups is 1. The van der Waals surface area contributed by atoms with Crippen LogP contribution in [0.5, 0.6) is 0 Å². The van der Waals surface area contributed by atoms with Gasteiger partial charge in [-0.3, -0.25) is 4.79 Å². The van der Waals surface area contributed by atoms with E-state index in [2.05, 4.69) is 6.58 Å². The molecule has 0 saturated heterocycles. The molecule has 66 valence electrons. The maximum atomic E-state index is 11.7. The predicted molar refractivity (Wildman–Crippen MR) is 45.6 cm³/mol. The predicted octanol–water partition coefficient (Wildman–Crippen LogP) is 1.29. The van der Waals surface area contributed by atoms with Crippen molar-refractivity contribution in [2.24, 2.45) is 11.3 Å². The van der Waals surface area contributed by atoms with Crippen LogP contribution in [0.4, 0.5) is 0 Å². The van der Waals surface area contributed by atoms with Crippen LogP contribution in [0.25, 0.3) is 0 Å². The quantitative estimate of drug-likeness (QED) is 0.551. The minimum absolute atomic E-state index is 0.0521. The molecule has 2 bridgehead atoms. The molecule has 0 aromatic rings. The minimum Gasteiger partial charge on any atom is -0.391 e. The van der Waals surface area contributed by atoms with E-state index in [1.54, 1.807) is 0 Å². The van der Waals surface area contributed by atoms with Crippen molar-refractivity contribution in [3.63, 3.8) is 0 Å². The summed E-state index contributed by atoms with van der Waals surface area (Å²) in [6, 6.07) is 0. The van der Waals surface area contributed by atoms with Crippen molar-refractivity contribution >= 4 is 5.78 Å². The van der Waals surface area contributed by atoms with Crippen LogP contribution in [-0.2, 0) is 4.79 Å². The average molecular weight is 166 g/mol. The molecule has 2 heteroatoms. The molecule has 1 N–H and O–H groups in total. The summed E-state index contributed by atoms with van der Waals surface area (Å²) >= 11 is 0. The normalized spacial score (nSPS) is 46.8. The van der Waals surface area contributed by atoms with E-state index in [0.29, 0.717) is 5.57 Å². The van der Waals surface area contributed by atoms with Crippen LogP contribution in [-0.4, -0.2) is 17.0 Å². The van der Waals surface area contributed by atoms with Crippen molar-refractivity contribution in [1.82, 2.24) is 0 Å². The van der Waals surface area contributed by atoms with Gasteiger partial charge in [0.25, 0.3) is 0 Å². The molecule has 2 aliphatic carbocycles. The molecule has 0 heterocycles. The first-order valence-corrected chi connectivity index (χ1v) is 4.49. The highest BCUT2D eigenvalue weighted by Crippen LogP contribution is 2.50. The maximum Gasteiger partial charge on any atom is 0.167 e. The molecule has 0 aromatic heterocycles. The number of aliphatic hydroxyl groups excluding tert-OH is 1. The second kappa shape index (κ2) is 2.19. The zero-order chi connectivity index (χ0) is 8.93. The topological polar surface area (TPSA) is 37.3 Å². The molecule has 0 radical (unpaired) electrons. The summed E-state index contributed by atoms with van der Waals surface area (Å²) in [4.78, 5) is 11.7. The molecule has 0 spiro atoms. The van der Waals surface area contributed by atoms with Crippen LogP contribution in [0.2, 0.25) is 0 Å². The van der Waals surface area contributed by atoms with E-state index in [1.807, 2.05) is 6.92 Å². The number of hydrogen-bond acceptors (Lipinski definition) is 2. The van der Waals surface area contributed by atoms with Crippen molar-refractivity contribution in [3.8, 4) is 0 Å². The van der Waals surface area contributed by atoms with Gasteiger partial charge in [-0.15, -0.1) is 0 Å². The number of Topliss-reactive ketones (excluding diaryl/α,β-unsaturated/α-hetero) is 1. The van der Waals surface area contributed by atoms with Crippen LogP contribution in [0.3, 0.4) is 0 Å². The summed E-state index contributed by atoms with van der Waals surface area (Å²) in [6.07, 6.45) is 2.33. The van der Waals surface area contributed by atoms with Gasteiger partial charge < -0.3 is 5.11 Å². The summed E-state index contributed by atoms with van der Waals surface area (Å²) in [5, 5.41) is 9.83. The summed E-state index contributed by atoms with van der Waals surface area (Å²) in [5.41, 5.74) is 0.155. The van der Waals surface area contributed by atoms with Crippen molar-refractivity contribution < 1.29 is 9.90 Å². The molecule has 2 rings (SSSR count). The monoisotopic (exact) mass is 166 g/mol. The molecule has 2 nitrogen and oxygen atoms in total. The molecule has 0 aromatic carbocycles. The summed E-state index contributed by atoms with van der Waals surface area (Å²) in [7, 11) is 0. The van der Waals surface area contributed by atoms with Gasteiger partial charge in [-0.05, 0) is 25.3 Å². The summed E-state index contributed by atoms with van der Waals surface area (Å²) < 4.78 is 0. The zero-order valence-corrected chi connectivity index (χ0v) is 7.34. The summed E-state index contributed by atoms with van der Waals surface area (Å²) in [5.74, 6) is 0.147. The van der Waals surface area contributed by atoms with Gasteiger partial charge in [0.2, 0.25) is 0 Å². The number of rotatable bonds is 0. The Labute approximate surface area is 72.3 Å². The third kappa shape index (κ3) is 0.712. The Morgan fingerprint density at radius 2 is 2.33 bits per heavy atom. The number of fused-ring (bicyclic) bond motifs is 2. The first-order valence-electron chi connectivity index (χ1n) is 4.49. The van der Waals surface area contributed by atoms with E-state index in [0.717, 1.165) is 19.3 Å². The third-order valence-corrected chi connectivity index (χ3v) is 3.50. The lowest BCUT2D eigenvalue weighted by Crippen LogP contribution is -2.37. The Morgan fingerprint density at radius 1 is 1.67 bits per heavy atom. The van der Waals surface area contributed by atoms with Gasteiger partial charge in [0, 0.05) is 5.92 Å². The molecule has 12 heavy (non-hydrogen) atoms.